The van der Waals surface area contributed by atoms with Crippen molar-refractivity contribution in [3.63, 3.8) is 0 Å². The normalized spacial score (nSPS) is 21.0. The fourth-order valence-electron chi connectivity index (χ4n) is 4.02. The maximum atomic E-state index is 12.9. The summed E-state index contributed by atoms with van der Waals surface area (Å²) in [5.41, 5.74) is 1.66. The molecule has 3 aliphatic rings. The summed E-state index contributed by atoms with van der Waals surface area (Å²) in [6.45, 7) is 3.93. The Morgan fingerprint density at radius 2 is 2.04 bits per heavy atom. The van der Waals surface area contributed by atoms with Gasteiger partial charge in [0.1, 0.15) is 6.04 Å². The standard InChI is InChI=1S/C18H24N4O4/c1-11(21-7-2-3-15(21)23)17(24)20-8-6-14-13(10-20)16(18(25)26)19-22(14)9-12-4-5-12/h11-12H,2-10H2,1H3,(H,25,26). The third kappa shape index (κ3) is 2.97. The van der Waals surface area contributed by atoms with Gasteiger partial charge in [0.15, 0.2) is 5.69 Å². The van der Waals surface area contributed by atoms with Gasteiger partial charge >= 0.3 is 5.97 Å². The van der Waals surface area contributed by atoms with Crippen LogP contribution < -0.4 is 0 Å². The maximum absolute atomic E-state index is 12.9. The Kier molecular flexibility index (Phi) is 4.20. The summed E-state index contributed by atoms with van der Waals surface area (Å²) in [6.07, 6.45) is 4.23. The highest BCUT2D eigenvalue weighted by Crippen LogP contribution is 2.33. The van der Waals surface area contributed by atoms with Crippen molar-refractivity contribution in [1.29, 1.82) is 0 Å². The molecular formula is C18H24N4O4. The van der Waals surface area contributed by atoms with Gasteiger partial charge in [0.05, 0.1) is 0 Å². The number of carbonyl (C=O) groups excluding carboxylic acids is 2. The molecule has 1 aromatic heterocycles. The molecule has 8 nitrogen and oxygen atoms in total. The molecule has 1 aromatic rings. The summed E-state index contributed by atoms with van der Waals surface area (Å²) >= 11 is 0. The molecule has 0 radical (unpaired) electrons. The van der Waals surface area contributed by atoms with Crippen LogP contribution in [0.4, 0.5) is 0 Å². The van der Waals surface area contributed by atoms with Gasteiger partial charge in [-0.2, -0.15) is 5.10 Å². The topological polar surface area (TPSA) is 95.7 Å². The van der Waals surface area contributed by atoms with Gasteiger partial charge in [-0.05, 0) is 32.1 Å². The van der Waals surface area contributed by atoms with E-state index < -0.39 is 12.0 Å². The fourth-order valence-corrected chi connectivity index (χ4v) is 4.02. The average molecular weight is 360 g/mol. The monoisotopic (exact) mass is 360 g/mol. The van der Waals surface area contributed by atoms with Crippen molar-refractivity contribution in [1.82, 2.24) is 19.6 Å². The molecule has 2 amide bonds. The molecule has 140 valence electrons. The lowest BCUT2D eigenvalue weighted by Crippen LogP contribution is -2.49. The van der Waals surface area contributed by atoms with Gasteiger partial charge in [-0.1, -0.05) is 0 Å². The van der Waals surface area contributed by atoms with Crippen LogP contribution in [0.25, 0.3) is 0 Å². The molecule has 1 N–H and O–H groups in total. The van der Waals surface area contributed by atoms with Gasteiger partial charge in [-0.3, -0.25) is 14.3 Å². The van der Waals surface area contributed by atoms with E-state index in [4.69, 9.17) is 0 Å². The summed E-state index contributed by atoms with van der Waals surface area (Å²) in [7, 11) is 0. The molecule has 1 saturated carbocycles. The lowest BCUT2D eigenvalue weighted by Gasteiger charge is -2.33. The molecular weight excluding hydrogens is 336 g/mol. The van der Waals surface area contributed by atoms with Crippen LogP contribution in [-0.4, -0.2) is 61.6 Å². The lowest BCUT2D eigenvalue weighted by molar-refractivity contribution is -0.143. The summed E-state index contributed by atoms with van der Waals surface area (Å²) in [6, 6.07) is -0.499. The van der Waals surface area contributed by atoms with Crippen LogP contribution in [0.15, 0.2) is 0 Å². The Balaban J connectivity index is 1.54. The zero-order valence-corrected chi connectivity index (χ0v) is 15.0. The van der Waals surface area contributed by atoms with Crippen LogP contribution in [0.3, 0.4) is 0 Å². The predicted molar refractivity (Wildman–Crippen MR) is 91.4 cm³/mol. The number of aromatic nitrogens is 2. The molecule has 26 heavy (non-hydrogen) atoms. The molecule has 0 bridgehead atoms. The molecule has 2 aliphatic heterocycles. The van der Waals surface area contributed by atoms with Gasteiger partial charge in [0.25, 0.3) is 0 Å². The molecule has 8 heteroatoms. The number of amides is 2. The highest BCUT2D eigenvalue weighted by atomic mass is 16.4. The molecule has 2 fully saturated rings. The molecule has 1 saturated heterocycles. The van der Waals surface area contributed by atoms with Crippen LogP contribution in [-0.2, 0) is 29.1 Å². The van der Waals surface area contributed by atoms with Crippen molar-refractivity contribution in [2.45, 2.75) is 58.2 Å². The average Bonchev–Trinajstić information content (AvgIpc) is 3.22. The Labute approximate surface area is 151 Å². The highest BCUT2D eigenvalue weighted by molar-refractivity contribution is 5.90. The number of hydrogen-bond acceptors (Lipinski definition) is 4. The minimum Gasteiger partial charge on any atom is -0.476 e. The molecule has 1 unspecified atom stereocenters. The van der Waals surface area contributed by atoms with E-state index >= 15 is 0 Å². The summed E-state index contributed by atoms with van der Waals surface area (Å²) in [4.78, 5) is 39.7. The van der Waals surface area contributed by atoms with Crippen LogP contribution in [0.5, 0.6) is 0 Å². The first kappa shape index (κ1) is 17.1. The number of aromatic carboxylic acids is 1. The molecule has 0 aromatic carbocycles. The second-order valence-electron chi connectivity index (χ2n) is 7.58. The van der Waals surface area contributed by atoms with Crippen molar-refractivity contribution in [3.05, 3.63) is 17.0 Å². The van der Waals surface area contributed by atoms with E-state index in [0.717, 1.165) is 18.7 Å². The van der Waals surface area contributed by atoms with Gasteiger partial charge < -0.3 is 14.9 Å². The van der Waals surface area contributed by atoms with Crippen molar-refractivity contribution in [2.75, 3.05) is 13.1 Å². The van der Waals surface area contributed by atoms with Crippen molar-refractivity contribution in [3.8, 4) is 0 Å². The number of rotatable bonds is 5. The SMILES string of the molecule is CC(C(=O)N1CCc2c(c(C(=O)O)nn2CC2CC2)C1)N1CCCC1=O. The number of carboxylic acid groups (broad SMARTS) is 1. The molecule has 1 atom stereocenters. The second kappa shape index (κ2) is 6.41. The number of hydrogen-bond donors (Lipinski definition) is 1. The molecule has 3 heterocycles. The van der Waals surface area contributed by atoms with Crippen LogP contribution in [0, 0.1) is 5.92 Å². The number of carboxylic acids is 1. The van der Waals surface area contributed by atoms with E-state index in [-0.39, 0.29) is 24.1 Å². The number of likely N-dealkylation sites (tertiary alicyclic amines) is 1. The van der Waals surface area contributed by atoms with Gasteiger partial charge in [0.2, 0.25) is 11.8 Å². The number of nitrogens with zero attached hydrogens (tertiary/aromatic N) is 4. The van der Waals surface area contributed by atoms with E-state index in [0.29, 0.717) is 37.4 Å². The maximum Gasteiger partial charge on any atom is 0.356 e. The highest BCUT2D eigenvalue weighted by Gasteiger charge is 2.36. The molecule has 0 spiro atoms. The van der Waals surface area contributed by atoms with E-state index in [1.807, 2.05) is 4.68 Å². The third-order valence-corrected chi connectivity index (χ3v) is 5.71. The minimum atomic E-state index is -1.05. The molecule has 1 aliphatic carbocycles. The van der Waals surface area contributed by atoms with Crippen molar-refractivity contribution in [2.24, 2.45) is 5.92 Å². The quantitative estimate of drug-likeness (QED) is 0.841. The van der Waals surface area contributed by atoms with E-state index in [1.54, 1.807) is 16.7 Å². The Bertz CT molecular complexity index is 767. The van der Waals surface area contributed by atoms with Gasteiger partial charge in [0, 0.05) is 50.3 Å². The van der Waals surface area contributed by atoms with E-state index in [9.17, 15) is 19.5 Å². The first-order chi connectivity index (χ1) is 12.5. The van der Waals surface area contributed by atoms with E-state index in [2.05, 4.69) is 5.10 Å². The number of fused-ring (bicyclic) bond motifs is 1. The second-order valence-corrected chi connectivity index (χ2v) is 7.58. The zero-order chi connectivity index (χ0) is 18.4. The van der Waals surface area contributed by atoms with Crippen molar-refractivity contribution < 1.29 is 19.5 Å². The molecule has 4 rings (SSSR count). The third-order valence-electron chi connectivity index (χ3n) is 5.71. The number of carbonyl (C=O) groups is 3. The lowest BCUT2D eigenvalue weighted by atomic mass is 10.0. The fraction of sp³-hybridized carbons (Fsp3) is 0.667. The van der Waals surface area contributed by atoms with Crippen LogP contribution in [0.2, 0.25) is 0 Å². The largest absolute Gasteiger partial charge is 0.476 e. The Hall–Kier alpha value is -2.38. The smallest absolute Gasteiger partial charge is 0.356 e. The van der Waals surface area contributed by atoms with Gasteiger partial charge in [-0.25, -0.2) is 4.79 Å². The zero-order valence-electron chi connectivity index (χ0n) is 15.0. The van der Waals surface area contributed by atoms with Crippen molar-refractivity contribution >= 4 is 17.8 Å². The Morgan fingerprint density at radius 3 is 2.65 bits per heavy atom. The van der Waals surface area contributed by atoms with Crippen LogP contribution in [0.1, 0.15) is 54.4 Å². The minimum absolute atomic E-state index is 0.0204. The van der Waals surface area contributed by atoms with E-state index in [1.165, 1.54) is 12.8 Å². The first-order valence-corrected chi connectivity index (χ1v) is 9.35. The summed E-state index contributed by atoms with van der Waals surface area (Å²) in [5.74, 6) is -0.543. The summed E-state index contributed by atoms with van der Waals surface area (Å²) < 4.78 is 1.84. The Morgan fingerprint density at radius 1 is 1.27 bits per heavy atom. The van der Waals surface area contributed by atoms with Crippen LogP contribution >= 0.6 is 0 Å². The predicted octanol–water partition coefficient (Wildman–Crippen LogP) is 0.887. The first-order valence-electron chi connectivity index (χ1n) is 9.35. The summed E-state index contributed by atoms with van der Waals surface area (Å²) in [5, 5.41) is 13.8. The van der Waals surface area contributed by atoms with Gasteiger partial charge in [-0.15, -0.1) is 0 Å².